The van der Waals surface area contributed by atoms with Crippen LogP contribution >= 0.6 is 11.3 Å². The Morgan fingerprint density at radius 2 is 2.10 bits per heavy atom. The molecule has 1 aliphatic rings. The molecule has 2 aromatic rings. The summed E-state index contributed by atoms with van der Waals surface area (Å²) in [6.45, 7) is 9.72. The van der Waals surface area contributed by atoms with Crippen molar-refractivity contribution in [3.05, 3.63) is 52.0 Å². The first-order valence-corrected chi connectivity index (χ1v) is 11.6. The van der Waals surface area contributed by atoms with E-state index < -0.39 is 0 Å². The van der Waals surface area contributed by atoms with Gasteiger partial charge in [-0.15, -0.1) is 11.3 Å². The number of likely N-dealkylation sites (tertiary alicyclic amines) is 1. The van der Waals surface area contributed by atoms with Gasteiger partial charge in [0.25, 0.3) is 0 Å². The number of benzene rings is 1. The average Bonchev–Trinajstić information content (AvgIpc) is 3.19. The van der Waals surface area contributed by atoms with E-state index in [4.69, 9.17) is 4.98 Å². The fourth-order valence-electron chi connectivity index (χ4n) is 3.80. The predicted octanol–water partition coefficient (Wildman–Crippen LogP) is 4.03. The van der Waals surface area contributed by atoms with Crippen LogP contribution in [0.15, 0.2) is 40.7 Å². The maximum Gasteiger partial charge on any atom is 0.191 e. The van der Waals surface area contributed by atoms with E-state index in [1.165, 1.54) is 16.3 Å². The van der Waals surface area contributed by atoms with Gasteiger partial charge in [-0.1, -0.05) is 44.2 Å². The first-order valence-electron chi connectivity index (χ1n) is 10.7. The number of nitrogens with one attached hydrogen (secondary N) is 2. The van der Waals surface area contributed by atoms with Crippen LogP contribution in [-0.2, 0) is 13.0 Å². The quantitative estimate of drug-likeness (QED) is 0.532. The van der Waals surface area contributed by atoms with E-state index in [2.05, 4.69) is 77.0 Å². The highest BCUT2D eigenvalue weighted by Crippen LogP contribution is 2.20. The zero-order chi connectivity index (χ0) is 20.6. The average molecular weight is 414 g/mol. The van der Waals surface area contributed by atoms with Crippen LogP contribution in [0.25, 0.3) is 0 Å². The van der Waals surface area contributed by atoms with Gasteiger partial charge in [-0.3, -0.25) is 9.89 Å². The summed E-state index contributed by atoms with van der Waals surface area (Å²) in [6.07, 6.45) is 3.20. The summed E-state index contributed by atoms with van der Waals surface area (Å²) in [5.41, 5.74) is 2.57. The van der Waals surface area contributed by atoms with E-state index in [1.54, 1.807) is 11.3 Å². The number of aliphatic imine (C=N–C) groups is 1. The molecule has 2 unspecified atom stereocenters. The lowest BCUT2D eigenvalue weighted by atomic mass is 9.97. The van der Waals surface area contributed by atoms with Crippen LogP contribution in [0, 0.1) is 0 Å². The number of thiazole rings is 1. The van der Waals surface area contributed by atoms with Crippen molar-refractivity contribution < 1.29 is 0 Å². The van der Waals surface area contributed by atoms with Crippen LogP contribution < -0.4 is 10.6 Å². The predicted molar refractivity (Wildman–Crippen MR) is 124 cm³/mol. The molecule has 0 saturated carbocycles. The van der Waals surface area contributed by atoms with Gasteiger partial charge >= 0.3 is 0 Å². The lowest BCUT2D eigenvalue weighted by molar-refractivity contribution is 0.134. The highest BCUT2D eigenvalue weighted by atomic mass is 32.1. The number of piperidine rings is 1. The second kappa shape index (κ2) is 10.7. The zero-order valence-corrected chi connectivity index (χ0v) is 19.0. The number of guanidine groups is 1. The Hall–Kier alpha value is -1.92. The van der Waals surface area contributed by atoms with Gasteiger partial charge in [0.05, 0.1) is 10.7 Å². The van der Waals surface area contributed by atoms with Crippen LogP contribution in [0.5, 0.6) is 0 Å². The molecule has 29 heavy (non-hydrogen) atoms. The Balaban J connectivity index is 1.41. The topological polar surface area (TPSA) is 52.6 Å². The van der Waals surface area contributed by atoms with Crippen molar-refractivity contribution in [2.24, 2.45) is 4.99 Å². The third-order valence-corrected chi connectivity index (χ3v) is 6.74. The largest absolute Gasteiger partial charge is 0.356 e. The van der Waals surface area contributed by atoms with Gasteiger partial charge in [0.15, 0.2) is 5.96 Å². The Morgan fingerprint density at radius 1 is 1.31 bits per heavy atom. The van der Waals surface area contributed by atoms with Crippen molar-refractivity contribution in [3.63, 3.8) is 0 Å². The van der Waals surface area contributed by atoms with Crippen LogP contribution in [0.1, 0.15) is 55.8 Å². The number of rotatable bonds is 7. The second-order valence-electron chi connectivity index (χ2n) is 8.25. The van der Waals surface area contributed by atoms with Crippen molar-refractivity contribution >= 4 is 17.3 Å². The van der Waals surface area contributed by atoms with Crippen LogP contribution in [-0.4, -0.2) is 48.1 Å². The number of hydrogen-bond donors (Lipinski definition) is 2. The van der Waals surface area contributed by atoms with Crippen LogP contribution in [0.4, 0.5) is 0 Å². The van der Waals surface area contributed by atoms with E-state index in [0.717, 1.165) is 44.9 Å². The molecule has 1 fully saturated rings. The molecule has 6 heteroatoms. The van der Waals surface area contributed by atoms with Gasteiger partial charge in [-0.2, -0.15) is 0 Å². The van der Waals surface area contributed by atoms with Gasteiger partial charge in [0, 0.05) is 56.5 Å². The maximum absolute atomic E-state index is 4.71. The summed E-state index contributed by atoms with van der Waals surface area (Å²) in [4.78, 5) is 11.7. The molecule has 3 rings (SSSR count). The number of nitrogens with zero attached hydrogens (tertiary/aromatic N) is 3. The van der Waals surface area contributed by atoms with Crippen molar-refractivity contribution in [1.82, 2.24) is 20.5 Å². The third-order valence-electron chi connectivity index (χ3n) is 5.54. The van der Waals surface area contributed by atoms with Crippen molar-refractivity contribution in [2.45, 2.75) is 64.6 Å². The standard InChI is InChI=1S/C23H35N5S/c1-17(2)22-26-21(16-29-22)10-12-25-23(24-4)27-20-11-13-28(18(3)14-20)15-19-8-6-5-7-9-19/h5-9,16-18,20H,10-15H2,1-4H3,(H2,24,25,27). The minimum absolute atomic E-state index is 0.468. The molecule has 0 radical (unpaired) electrons. The summed E-state index contributed by atoms with van der Waals surface area (Å²) in [5, 5.41) is 10.5. The fraction of sp³-hybridized carbons (Fsp3) is 0.565. The minimum Gasteiger partial charge on any atom is -0.356 e. The maximum atomic E-state index is 4.71. The van der Waals surface area contributed by atoms with Gasteiger partial charge in [0.2, 0.25) is 0 Å². The van der Waals surface area contributed by atoms with Gasteiger partial charge in [0.1, 0.15) is 0 Å². The van der Waals surface area contributed by atoms with Crippen LogP contribution in [0.2, 0.25) is 0 Å². The monoisotopic (exact) mass is 413 g/mol. The molecule has 5 nitrogen and oxygen atoms in total. The molecule has 1 aromatic heterocycles. The molecular formula is C23H35N5S. The smallest absolute Gasteiger partial charge is 0.191 e. The molecule has 1 saturated heterocycles. The van der Waals surface area contributed by atoms with Crippen molar-refractivity contribution in [1.29, 1.82) is 0 Å². The number of hydrogen-bond acceptors (Lipinski definition) is 4. The Kier molecular flexibility index (Phi) is 8.07. The highest BCUT2D eigenvalue weighted by molar-refractivity contribution is 7.09. The molecule has 2 heterocycles. The van der Waals surface area contributed by atoms with Gasteiger partial charge in [-0.25, -0.2) is 4.98 Å². The third kappa shape index (κ3) is 6.54. The van der Waals surface area contributed by atoms with Gasteiger partial charge < -0.3 is 10.6 Å². The lowest BCUT2D eigenvalue weighted by Gasteiger charge is -2.38. The minimum atomic E-state index is 0.468. The summed E-state index contributed by atoms with van der Waals surface area (Å²) in [7, 11) is 1.85. The molecular weight excluding hydrogens is 378 g/mol. The second-order valence-corrected chi connectivity index (χ2v) is 9.14. The lowest BCUT2D eigenvalue weighted by Crippen LogP contribution is -2.51. The Labute approximate surface area is 179 Å². The summed E-state index contributed by atoms with van der Waals surface area (Å²) in [6, 6.07) is 11.8. The summed E-state index contributed by atoms with van der Waals surface area (Å²) < 4.78 is 0. The Morgan fingerprint density at radius 3 is 2.76 bits per heavy atom. The molecule has 0 bridgehead atoms. The highest BCUT2D eigenvalue weighted by Gasteiger charge is 2.25. The van der Waals surface area contributed by atoms with E-state index in [9.17, 15) is 0 Å². The molecule has 2 atom stereocenters. The SMILES string of the molecule is CN=C(NCCc1csc(C(C)C)n1)NC1CCN(Cc2ccccc2)C(C)C1. The fourth-order valence-corrected chi connectivity index (χ4v) is 4.67. The van der Waals surface area contributed by atoms with Crippen LogP contribution in [0.3, 0.4) is 0 Å². The van der Waals surface area contributed by atoms with Crippen molar-refractivity contribution in [3.8, 4) is 0 Å². The van der Waals surface area contributed by atoms with E-state index in [-0.39, 0.29) is 0 Å². The molecule has 1 aromatic carbocycles. The number of aromatic nitrogens is 1. The molecule has 2 N–H and O–H groups in total. The van der Waals surface area contributed by atoms with E-state index >= 15 is 0 Å². The first kappa shape index (κ1) is 21.8. The molecule has 158 valence electrons. The molecule has 0 spiro atoms. The van der Waals surface area contributed by atoms with E-state index in [0.29, 0.717) is 18.0 Å². The molecule has 0 aliphatic carbocycles. The van der Waals surface area contributed by atoms with Crippen molar-refractivity contribution in [2.75, 3.05) is 20.1 Å². The zero-order valence-electron chi connectivity index (χ0n) is 18.2. The normalized spacial score (nSPS) is 20.8. The van der Waals surface area contributed by atoms with E-state index in [1.807, 2.05) is 7.05 Å². The summed E-state index contributed by atoms with van der Waals surface area (Å²) in [5.74, 6) is 1.41. The van der Waals surface area contributed by atoms with Gasteiger partial charge in [-0.05, 0) is 25.3 Å². The molecule has 1 aliphatic heterocycles. The first-order chi connectivity index (χ1) is 14.0. The molecule has 0 amide bonds. The summed E-state index contributed by atoms with van der Waals surface area (Å²) >= 11 is 1.76. The Bertz CT molecular complexity index is 771.